The molecular formula is C27H26F2N2O2. The number of methoxy groups -OCH3 is 1. The van der Waals surface area contributed by atoms with Crippen LogP contribution in [0, 0.1) is 11.6 Å². The predicted octanol–water partition coefficient (Wildman–Crippen LogP) is 5.25. The summed E-state index contributed by atoms with van der Waals surface area (Å²) in [5.41, 5.74) is 3.84. The predicted molar refractivity (Wildman–Crippen MR) is 125 cm³/mol. The molecule has 170 valence electrons. The molecule has 0 aliphatic rings. The standard InChI is InChI=1S/C27H26F2N2O2/c1-33-15-14-30-27(32)16-24(20-8-12-22(29)13-9-20)25-18-31(26-5-3-2-4-23(25)26)17-19-6-10-21(28)11-7-19/h2-13,18,24H,14-17H2,1H3,(H,30,32)/t24-/m1/s1. The van der Waals surface area contributed by atoms with E-state index in [9.17, 15) is 13.6 Å². The molecule has 1 heterocycles. The lowest BCUT2D eigenvalue weighted by molar-refractivity contribution is -0.121. The van der Waals surface area contributed by atoms with Crippen LogP contribution in [0.1, 0.15) is 29.0 Å². The Bertz CT molecular complexity index is 1220. The van der Waals surface area contributed by atoms with Gasteiger partial charge in [0, 0.05) is 49.6 Å². The average molecular weight is 449 g/mol. The third-order valence-electron chi connectivity index (χ3n) is 5.75. The summed E-state index contributed by atoms with van der Waals surface area (Å²) in [5.74, 6) is -0.947. The number of carbonyl (C=O) groups is 1. The van der Waals surface area contributed by atoms with Crippen LogP contribution in [0.25, 0.3) is 10.9 Å². The first-order valence-corrected chi connectivity index (χ1v) is 10.9. The number of hydrogen-bond donors (Lipinski definition) is 1. The van der Waals surface area contributed by atoms with Gasteiger partial charge in [0.1, 0.15) is 11.6 Å². The fourth-order valence-electron chi connectivity index (χ4n) is 4.12. The van der Waals surface area contributed by atoms with Crippen LogP contribution in [0.3, 0.4) is 0 Å². The van der Waals surface area contributed by atoms with Gasteiger partial charge < -0.3 is 14.6 Å². The molecule has 0 bridgehead atoms. The molecule has 0 saturated carbocycles. The monoisotopic (exact) mass is 448 g/mol. The minimum absolute atomic E-state index is 0.100. The second kappa shape index (κ2) is 10.4. The van der Waals surface area contributed by atoms with Crippen LogP contribution < -0.4 is 5.32 Å². The number of nitrogens with one attached hydrogen (secondary N) is 1. The van der Waals surface area contributed by atoms with Gasteiger partial charge in [0.25, 0.3) is 0 Å². The zero-order chi connectivity index (χ0) is 23.2. The molecule has 4 rings (SSSR count). The van der Waals surface area contributed by atoms with Crippen LogP contribution in [0.4, 0.5) is 8.78 Å². The lowest BCUT2D eigenvalue weighted by Gasteiger charge is -2.17. The summed E-state index contributed by atoms with van der Waals surface area (Å²) in [4.78, 5) is 12.7. The van der Waals surface area contributed by atoms with Gasteiger partial charge in [-0.25, -0.2) is 8.78 Å². The number of carbonyl (C=O) groups excluding carboxylic acids is 1. The molecule has 0 aliphatic heterocycles. The van der Waals surface area contributed by atoms with Crippen molar-refractivity contribution in [3.05, 3.63) is 107 Å². The van der Waals surface area contributed by atoms with Crippen molar-refractivity contribution in [2.45, 2.75) is 18.9 Å². The molecule has 33 heavy (non-hydrogen) atoms. The van der Waals surface area contributed by atoms with E-state index in [1.807, 2.05) is 30.5 Å². The molecule has 6 heteroatoms. The van der Waals surface area contributed by atoms with Crippen molar-refractivity contribution in [2.75, 3.05) is 20.3 Å². The first kappa shape index (κ1) is 22.7. The second-order valence-corrected chi connectivity index (χ2v) is 8.01. The number of para-hydroxylation sites is 1. The average Bonchev–Trinajstić information content (AvgIpc) is 3.18. The maximum atomic E-state index is 13.6. The molecule has 4 nitrogen and oxygen atoms in total. The molecule has 1 aromatic heterocycles. The number of benzene rings is 3. The van der Waals surface area contributed by atoms with Crippen LogP contribution in [-0.2, 0) is 16.1 Å². The molecule has 1 N–H and O–H groups in total. The van der Waals surface area contributed by atoms with Crippen LogP contribution in [0.2, 0.25) is 0 Å². The van der Waals surface area contributed by atoms with Crippen molar-refractivity contribution in [1.82, 2.24) is 9.88 Å². The third kappa shape index (κ3) is 5.46. The normalized spacial score (nSPS) is 12.1. The van der Waals surface area contributed by atoms with Crippen molar-refractivity contribution >= 4 is 16.8 Å². The number of fused-ring (bicyclic) bond motifs is 1. The third-order valence-corrected chi connectivity index (χ3v) is 5.75. The van der Waals surface area contributed by atoms with Gasteiger partial charge in [-0.15, -0.1) is 0 Å². The topological polar surface area (TPSA) is 43.3 Å². The minimum atomic E-state index is -0.319. The first-order valence-electron chi connectivity index (χ1n) is 10.9. The Morgan fingerprint density at radius 1 is 0.970 bits per heavy atom. The van der Waals surface area contributed by atoms with E-state index in [1.54, 1.807) is 31.4 Å². The molecular weight excluding hydrogens is 422 g/mol. The molecule has 0 spiro atoms. The quantitative estimate of drug-likeness (QED) is 0.355. The Kier molecular flexibility index (Phi) is 7.15. The van der Waals surface area contributed by atoms with E-state index >= 15 is 0 Å². The maximum Gasteiger partial charge on any atom is 0.221 e. The molecule has 0 unspecified atom stereocenters. The summed E-state index contributed by atoms with van der Waals surface area (Å²) in [6, 6.07) is 20.7. The Hall–Kier alpha value is -3.51. The number of halogens is 2. The van der Waals surface area contributed by atoms with Crippen molar-refractivity contribution in [3.8, 4) is 0 Å². The SMILES string of the molecule is COCCNC(=O)C[C@H](c1ccc(F)cc1)c1cn(Cc2ccc(F)cc2)c2ccccc12. The number of amides is 1. The molecule has 1 atom stereocenters. The van der Waals surface area contributed by atoms with Crippen LogP contribution in [-0.4, -0.2) is 30.7 Å². The van der Waals surface area contributed by atoms with E-state index in [-0.39, 0.29) is 29.9 Å². The molecule has 0 fully saturated rings. The van der Waals surface area contributed by atoms with E-state index in [1.165, 1.54) is 24.3 Å². The first-order chi connectivity index (χ1) is 16.0. The van der Waals surface area contributed by atoms with Gasteiger partial charge in [-0.2, -0.15) is 0 Å². The van der Waals surface area contributed by atoms with Gasteiger partial charge in [0.15, 0.2) is 0 Å². The largest absolute Gasteiger partial charge is 0.383 e. The highest BCUT2D eigenvalue weighted by molar-refractivity contribution is 5.86. The Labute approximate surface area is 191 Å². The number of hydrogen-bond acceptors (Lipinski definition) is 2. The molecule has 0 aliphatic carbocycles. The minimum Gasteiger partial charge on any atom is -0.383 e. The number of ether oxygens (including phenoxy) is 1. The lowest BCUT2D eigenvalue weighted by atomic mass is 9.88. The summed E-state index contributed by atoms with van der Waals surface area (Å²) >= 11 is 0. The summed E-state index contributed by atoms with van der Waals surface area (Å²) in [6.07, 6.45) is 2.27. The van der Waals surface area contributed by atoms with Crippen LogP contribution in [0.5, 0.6) is 0 Å². The zero-order valence-electron chi connectivity index (χ0n) is 18.4. The van der Waals surface area contributed by atoms with E-state index in [0.717, 1.165) is 27.6 Å². The van der Waals surface area contributed by atoms with E-state index < -0.39 is 0 Å². The van der Waals surface area contributed by atoms with Crippen LogP contribution in [0.15, 0.2) is 79.0 Å². The maximum absolute atomic E-state index is 13.6. The van der Waals surface area contributed by atoms with Crippen molar-refractivity contribution in [1.29, 1.82) is 0 Å². The summed E-state index contributed by atoms with van der Waals surface area (Å²) in [7, 11) is 1.59. The van der Waals surface area contributed by atoms with E-state index in [0.29, 0.717) is 19.7 Å². The van der Waals surface area contributed by atoms with Crippen LogP contribution >= 0.6 is 0 Å². The molecule has 0 saturated heterocycles. The smallest absolute Gasteiger partial charge is 0.221 e. The summed E-state index contributed by atoms with van der Waals surface area (Å²) in [6.45, 7) is 1.43. The van der Waals surface area contributed by atoms with Gasteiger partial charge in [-0.1, -0.05) is 42.5 Å². The fraction of sp³-hybridized carbons (Fsp3) is 0.222. The van der Waals surface area contributed by atoms with Gasteiger partial charge >= 0.3 is 0 Å². The second-order valence-electron chi connectivity index (χ2n) is 8.01. The van der Waals surface area contributed by atoms with E-state index in [4.69, 9.17) is 4.74 Å². The Morgan fingerprint density at radius 3 is 2.33 bits per heavy atom. The van der Waals surface area contributed by atoms with Crippen molar-refractivity contribution in [2.24, 2.45) is 0 Å². The lowest BCUT2D eigenvalue weighted by Crippen LogP contribution is -2.28. The number of aromatic nitrogens is 1. The molecule has 4 aromatic rings. The highest BCUT2D eigenvalue weighted by Gasteiger charge is 2.23. The number of rotatable bonds is 9. The summed E-state index contributed by atoms with van der Waals surface area (Å²) in [5, 5.41) is 3.91. The Morgan fingerprint density at radius 2 is 1.64 bits per heavy atom. The Balaban J connectivity index is 1.73. The molecule has 0 radical (unpaired) electrons. The van der Waals surface area contributed by atoms with Gasteiger partial charge in [-0.05, 0) is 47.0 Å². The fourth-order valence-corrected chi connectivity index (χ4v) is 4.12. The van der Waals surface area contributed by atoms with Gasteiger partial charge in [0.05, 0.1) is 6.61 Å². The highest BCUT2D eigenvalue weighted by Crippen LogP contribution is 2.35. The summed E-state index contributed by atoms with van der Waals surface area (Å²) < 4.78 is 34.1. The van der Waals surface area contributed by atoms with Crippen molar-refractivity contribution in [3.63, 3.8) is 0 Å². The van der Waals surface area contributed by atoms with E-state index in [2.05, 4.69) is 9.88 Å². The highest BCUT2D eigenvalue weighted by atomic mass is 19.1. The molecule has 3 aromatic carbocycles. The van der Waals surface area contributed by atoms with Crippen molar-refractivity contribution < 1.29 is 18.3 Å². The molecule has 1 amide bonds. The zero-order valence-corrected chi connectivity index (χ0v) is 18.4. The number of nitrogens with zero attached hydrogens (tertiary/aromatic N) is 1. The van der Waals surface area contributed by atoms with Gasteiger partial charge in [-0.3, -0.25) is 4.79 Å². The van der Waals surface area contributed by atoms with Gasteiger partial charge in [0.2, 0.25) is 5.91 Å².